The van der Waals surface area contributed by atoms with Crippen molar-refractivity contribution in [2.24, 2.45) is 0 Å². The molecular formula is C17H20N4O2. The summed E-state index contributed by atoms with van der Waals surface area (Å²) in [6.45, 7) is 6.98. The third-order valence-corrected chi connectivity index (χ3v) is 4.14. The number of pyridine rings is 1. The van der Waals surface area contributed by atoms with Crippen LogP contribution in [-0.4, -0.2) is 38.1 Å². The maximum Gasteiger partial charge on any atom is 0.351 e. The maximum atomic E-state index is 12.7. The van der Waals surface area contributed by atoms with Crippen LogP contribution in [0.25, 0.3) is 16.6 Å². The Balaban J connectivity index is 2.16. The number of benzene rings is 1. The quantitative estimate of drug-likeness (QED) is 0.738. The van der Waals surface area contributed by atoms with E-state index in [1.807, 2.05) is 51.1 Å². The minimum Gasteiger partial charge on any atom is -0.342 e. The van der Waals surface area contributed by atoms with Crippen LogP contribution in [0.1, 0.15) is 19.4 Å². The van der Waals surface area contributed by atoms with Gasteiger partial charge in [-0.15, -0.1) is 5.10 Å². The number of hydrogen-bond donors (Lipinski definition) is 0. The lowest BCUT2D eigenvalue weighted by atomic mass is 10.1. The van der Waals surface area contributed by atoms with E-state index in [4.69, 9.17) is 0 Å². The van der Waals surface area contributed by atoms with Gasteiger partial charge in [0.2, 0.25) is 5.91 Å². The minimum atomic E-state index is -0.277. The van der Waals surface area contributed by atoms with Crippen molar-refractivity contribution < 1.29 is 4.79 Å². The monoisotopic (exact) mass is 312 g/mol. The molecule has 0 saturated heterocycles. The van der Waals surface area contributed by atoms with Gasteiger partial charge < -0.3 is 4.90 Å². The Morgan fingerprint density at radius 3 is 2.61 bits per heavy atom. The molecule has 0 atom stereocenters. The lowest BCUT2D eigenvalue weighted by Crippen LogP contribution is -2.36. The number of aromatic nitrogens is 3. The number of para-hydroxylation sites is 1. The Hall–Kier alpha value is -2.63. The van der Waals surface area contributed by atoms with Crippen LogP contribution in [0.4, 0.5) is 0 Å². The van der Waals surface area contributed by atoms with Crippen molar-refractivity contribution >= 4 is 22.5 Å². The fourth-order valence-corrected chi connectivity index (χ4v) is 2.90. The molecule has 0 spiro atoms. The second-order valence-corrected chi connectivity index (χ2v) is 5.55. The van der Waals surface area contributed by atoms with Crippen LogP contribution >= 0.6 is 0 Å². The summed E-state index contributed by atoms with van der Waals surface area (Å²) in [6.07, 6.45) is 0. The third kappa shape index (κ3) is 2.50. The summed E-state index contributed by atoms with van der Waals surface area (Å²) in [4.78, 5) is 26.7. The molecule has 1 aromatic carbocycles. The van der Waals surface area contributed by atoms with Gasteiger partial charge in [-0.05, 0) is 43.9 Å². The summed E-state index contributed by atoms with van der Waals surface area (Å²) < 4.78 is 2.84. The van der Waals surface area contributed by atoms with Crippen molar-refractivity contribution in [1.29, 1.82) is 0 Å². The summed E-state index contributed by atoms with van der Waals surface area (Å²) in [5.74, 6) is -0.0949. The Morgan fingerprint density at radius 2 is 1.91 bits per heavy atom. The molecule has 0 aliphatic carbocycles. The second kappa shape index (κ2) is 5.87. The molecule has 3 rings (SSSR count). The second-order valence-electron chi connectivity index (χ2n) is 5.55. The fourth-order valence-electron chi connectivity index (χ4n) is 2.90. The number of fused-ring (bicyclic) bond motifs is 3. The minimum absolute atomic E-state index is 0.0318. The number of nitrogens with zero attached hydrogens (tertiary/aromatic N) is 4. The van der Waals surface area contributed by atoms with Gasteiger partial charge in [-0.2, -0.15) is 0 Å². The van der Waals surface area contributed by atoms with Crippen LogP contribution in [0, 0.1) is 6.92 Å². The highest BCUT2D eigenvalue weighted by molar-refractivity contribution is 5.83. The summed E-state index contributed by atoms with van der Waals surface area (Å²) in [6, 6.07) is 9.69. The summed E-state index contributed by atoms with van der Waals surface area (Å²) in [7, 11) is 0. The average Bonchev–Trinajstić information content (AvgIpc) is 2.87. The Labute approximate surface area is 133 Å². The van der Waals surface area contributed by atoms with E-state index in [-0.39, 0.29) is 18.1 Å². The van der Waals surface area contributed by atoms with E-state index >= 15 is 0 Å². The van der Waals surface area contributed by atoms with Gasteiger partial charge in [-0.3, -0.25) is 4.79 Å². The van der Waals surface area contributed by atoms with Crippen LogP contribution in [-0.2, 0) is 11.3 Å². The number of amides is 1. The first-order valence-electron chi connectivity index (χ1n) is 7.82. The van der Waals surface area contributed by atoms with E-state index in [0.717, 1.165) is 16.5 Å². The topological polar surface area (TPSA) is 59.6 Å². The van der Waals surface area contributed by atoms with Crippen LogP contribution in [0.2, 0.25) is 0 Å². The van der Waals surface area contributed by atoms with Crippen molar-refractivity contribution in [2.75, 3.05) is 13.1 Å². The van der Waals surface area contributed by atoms with Gasteiger partial charge in [0.25, 0.3) is 0 Å². The first-order valence-corrected chi connectivity index (χ1v) is 7.82. The molecule has 1 amide bonds. The molecule has 0 saturated carbocycles. The lowest BCUT2D eigenvalue weighted by molar-refractivity contribution is -0.131. The van der Waals surface area contributed by atoms with Crippen molar-refractivity contribution in [3.8, 4) is 0 Å². The fraction of sp³-hybridized carbons (Fsp3) is 0.353. The zero-order chi connectivity index (χ0) is 16.6. The number of carbonyl (C=O) groups is 1. The Kier molecular flexibility index (Phi) is 3.90. The van der Waals surface area contributed by atoms with E-state index in [2.05, 4.69) is 5.10 Å². The highest BCUT2D eigenvalue weighted by Crippen LogP contribution is 2.17. The van der Waals surface area contributed by atoms with E-state index in [1.54, 1.807) is 9.30 Å². The molecule has 0 N–H and O–H groups in total. The normalized spacial score (nSPS) is 11.3. The van der Waals surface area contributed by atoms with E-state index in [9.17, 15) is 9.59 Å². The smallest absolute Gasteiger partial charge is 0.342 e. The van der Waals surface area contributed by atoms with Crippen LogP contribution < -0.4 is 5.69 Å². The van der Waals surface area contributed by atoms with Crippen LogP contribution in [0.15, 0.2) is 35.1 Å². The Morgan fingerprint density at radius 1 is 1.22 bits per heavy atom. The molecule has 2 heterocycles. The SMILES string of the molecule is CCN(CC)C(=O)Cn1nc2c(C)cc3ccccc3n2c1=O. The van der Waals surface area contributed by atoms with E-state index in [1.165, 1.54) is 4.68 Å². The molecule has 0 unspecified atom stereocenters. The van der Waals surface area contributed by atoms with Crippen molar-refractivity contribution in [3.05, 3.63) is 46.4 Å². The number of hydrogen-bond acceptors (Lipinski definition) is 3. The highest BCUT2D eigenvalue weighted by Gasteiger charge is 2.17. The number of likely N-dealkylation sites (N-methyl/N-ethyl adjacent to an activating group) is 1. The molecule has 23 heavy (non-hydrogen) atoms. The molecular weight excluding hydrogens is 292 g/mol. The summed E-state index contributed by atoms with van der Waals surface area (Å²) in [5, 5.41) is 5.35. The van der Waals surface area contributed by atoms with Gasteiger partial charge in [0.15, 0.2) is 5.65 Å². The lowest BCUT2D eigenvalue weighted by Gasteiger charge is -2.17. The summed E-state index contributed by atoms with van der Waals surface area (Å²) >= 11 is 0. The number of aryl methyl sites for hydroxylation is 1. The molecule has 3 aromatic rings. The molecule has 0 fully saturated rings. The predicted molar refractivity (Wildman–Crippen MR) is 89.6 cm³/mol. The predicted octanol–water partition coefficient (Wildman–Crippen LogP) is 1.83. The molecule has 0 bridgehead atoms. The molecule has 2 aromatic heterocycles. The number of rotatable bonds is 4. The zero-order valence-electron chi connectivity index (χ0n) is 13.6. The molecule has 6 heteroatoms. The molecule has 0 aliphatic heterocycles. The van der Waals surface area contributed by atoms with E-state index < -0.39 is 0 Å². The molecule has 0 radical (unpaired) electrons. The van der Waals surface area contributed by atoms with Gasteiger partial charge in [0.1, 0.15) is 6.54 Å². The van der Waals surface area contributed by atoms with Gasteiger partial charge >= 0.3 is 5.69 Å². The van der Waals surface area contributed by atoms with Gasteiger partial charge in [-0.25, -0.2) is 13.9 Å². The number of carbonyl (C=O) groups excluding carboxylic acids is 1. The Bertz CT molecular complexity index is 935. The van der Waals surface area contributed by atoms with Crippen molar-refractivity contribution in [1.82, 2.24) is 19.1 Å². The highest BCUT2D eigenvalue weighted by atomic mass is 16.2. The molecule has 120 valence electrons. The third-order valence-electron chi connectivity index (χ3n) is 4.14. The summed E-state index contributed by atoms with van der Waals surface area (Å²) in [5.41, 5.74) is 2.04. The van der Waals surface area contributed by atoms with Gasteiger partial charge in [0.05, 0.1) is 5.52 Å². The van der Waals surface area contributed by atoms with Crippen LogP contribution in [0.3, 0.4) is 0 Å². The average molecular weight is 312 g/mol. The largest absolute Gasteiger partial charge is 0.351 e. The first kappa shape index (κ1) is 15.3. The first-order chi connectivity index (χ1) is 11.1. The van der Waals surface area contributed by atoms with Crippen molar-refractivity contribution in [3.63, 3.8) is 0 Å². The molecule has 0 aliphatic rings. The van der Waals surface area contributed by atoms with Gasteiger partial charge in [-0.1, -0.05) is 18.2 Å². The van der Waals surface area contributed by atoms with Crippen LogP contribution in [0.5, 0.6) is 0 Å². The maximum absolute atomic E-state index is 12.7. The van der Waals surface area contributed by atoms with Gasteiger partial charge in [0, 0.05) is 13.1 Å². The standard InChI is InChI=1S/C17H20N4O2/c1-4-19(5-2)15(22)11-20-17(23)21-14-9-7-6-8-13(14)10-12(3)16(21)18-20/h6-10H,4-5,11H2,1-3H3. The zero-order valence-corrected chi connectivity index (χ0v) is 13.6. The van der Waals surface area contributed by atoms with E-state index in [0.29, 0.717) is 18.7 Å². The van der Waals surface area contributed by atoms with Crippen molar-refractivity contribution in [2.45, 2.75) is 27.3 Å². The molecule has 6 nitrogen and oxygen atoms in total.